The number of nitrogens with one attached hydrogen (secondary N) is 2. The second-order valence-electron chi connectivity index (χ2n) is 6.90. The van der Waals surface area contributed by atoms with Crippen LogP contribution in [0.5, 0.6) is 5.75 Å². The van der Waals surface area contributed by atoms with Gasteiger partial charge in [0.15, 0.2) is 6.10 Å². The van der Waals surface area contributed by atoms with Gasteiger partial charge >= 0.3 is 18.6 Å². The fourth-order valence-electron chi connectivity index (χ4n) is 3.10. The van der Waals surface area contributed by atoms with E-state index in [1.54, 1.807) is 20.8 Å². The van der Waals surface area contributed by atoms with Crippen LogP contribution in [0.15, 0.2) is 24.3 Å². The van der Waals surface area contributed by atoms with Gasteiger partial charge in [0.05, 0.1) is 23.4 Å². The van der Waals surface area contributed by atoms with Crippen molar-refractivity contribution in [2.75, 3.05) is 13.2 Å². The molecule has 11 heteroatoms. The number of ketones is 1. The van der Waals surface area contributed by atoms with Crippen molar-refractivity contribution in [1.29, 1.82) is 0 Å². The molecule has 0 aliphatic carbocycles. The molecule has 0 radical (unpaired) electrons. The first-order valence-electron chi connectivity index (χ1n) is 9.98. The second kappa shape index (κ2) is 11.2. The number of alkyl halides is 2. The van der Waals surface area contributed by atoms with Crippen molar-refractivity contribution in [1.82, 2.24) is 10.3 Å². The number of Topliss-reactive ketones (excluding diaryl/α,β-unsaturated/α-hetero) is 1. The summed E-state index contributed by atoms with van der Waals surface area (Å²) in [5.74, 6) is -3.27. The van der Waals surface area contributed by atoms with Gasteiger partial charge in [-0.25, -0.2) is 4.79 Å². The number of ether oxygens (including phenoxy) is 3. The Labute approximate surface area is 188 Å². The van der Waals surface area contributed by atoms with E-state index >= 15 is 0 Å². The van der Waals surface area contributed by atoms with Gasteiger partial charge in [0, 0.05) is 5.69 Å². The smallest absolute Gasteiger partial charge is 0.387 e. The number of carbonyl (C=O) groups is 4. The van der Waals surface area contributed by atoms with Crippen LogP contribution in [0.3, 0.4) is 0 Å². The first-order valence-corrected chi connectivity index (χ1v) is 9.98. The molecule has 1 unspecified atom stereocenters. The Balaban J connectivity index is 2.00. The average molecular weight is 466 g/mol. The lowest BCUT2D eigenvalue weighted by molar-refractivity contribution is -0.145. The summed E-state index contributed by atoms with van der Waals surface area (Å²) >= 11 is 0. The topological polar surface area (TPSA) is 124 Å². The Morgan fingerprint density at radius 3 is 2.42 bits per heavy atom. The molecule has 1 heterocycles. The molecular weight excluding hydrogens is 442 g/mol. The summed E-state index contributed by atoms with van der Waals surface area (Å²) in [5.41, 5.74) is 0.930. The predicted molar refractivity (Wildman–Crippen MR) is 112 cm³/mol. The van der Waals surface area contributed by atoms with Crippen molar-refractivity contribution >= 4 is 23.6 Å². The maximum absolute atomic E-state index is 12.7. The van der Waals surface area contributed by atoms with Crippen LogP contribution >= 0.6 is 0 Å². The van der Waals surface area contributed by atoms with Crippen molar-refractivity contribution < 1.29 is 42.2 Å². The number of aryl methyl sites for hydroxylation is 1. The number of esters is 2. The highest BCUT2D eigenvalue weighted by atomic mass is 19.3. The number of amides is 1. The molecular formula is C22H24F2N2O7. The maximum atomic E-state index is 12.7. The van der Waals surface area contributed by atoms with Crippen LogP contribution in [0.2, 0.25) is 0 Å². The highest BCUT2D eigenvalue weighted by Crippen LogP contribution is 2.22. The molecule has 1 atom stereocenters. The molecule has 1 aromatic heterocycles. The third kappa shape index (κ3) is 6.37. The van der Waals surface area contributed by atoms with Gasteiger partial charge in [-0.1, -0.05) is 12.1 Å². The molecule has 0 aliphatic rings. The zero-order valence-corrected chi connectivity index (χ0v) is 18.5. The summed E-state index contributed by atoms with van der Waals surface area (Å²) in [7, 11) is 0. The summed E-state index contributed by atoms with van der Waals surface area (Å²) in [6.07, 6.45) is -1.23. The molecule has 2 rings (SSSR count). The van der Waals surface area contributed by atoms with Gasteiger partial charge in [0.2, 0.25) is 5.78 Å². The van der Waals surface area contributed by atoms with Gasteiger partial charge in [-0.05, 0) is 45.4 Å². The minimum Gasteiger partial charge on any atom is -0.462 e. The lowest BCUT2D eigenvalue weighted by Crippen LogP contribution is -2.34. The van der Waals surface area contributed by atoms with Crippen molar-refractivity contribution in [3.8, 4) is 5.75 Å². The number of halogens is 2. The summed E-state index contributed by atoms with van der Waals surface area (Å²) in [6, 6.07) is 5.29. The second-order valence-corrected chi connectivity index (χ2v) is 6.90. The van der Waals surface area contributed by atoms with Crippen LogP contribution in [-0.4, -0.2) is 54.5 Å². The molecule has 0 bridgehead atoms. The zero-order valence-electron chi connectivity index (χ0n) is 18.5. The number of H-pyrrole nitrogens is 1. The van der Waals surface area contributed by atoms with Crippen LogP contribution in [0, 0.1) is 13.8 Å². The van der Waals surface area contributed by atoms with Crippen LogP contribution < -0.4 is 10.1 Å². The number of benzene rings is 1. The molecule has 0 saturated carbocycles. The quantitative estimate of drug-likeness (QED) is 0.408. The normalized spacial score (nSPS) is 11.6. The Bertz CT molecular complexity index is 1050. The number of para-hydroxylation sites is 1. The monoisotopic (exact) mass is 466 g/mol. The molecule has 0 aliphatic heterocycles. The standard InChI is InChI=1S/C22H24F2N2O7/c1-5-31-21(30)17-11(2)18(26-12(17)3)19(28)13(4)32-16(27)10-25-20(29)14-8-6-7-9-15(14)33-22(23)24/h6-9,13,22,26H,5,10H2,1-4H3,(H,25,29). The largest absolute Gasteiger partial charge is 0.462 e. The number of aromatic amines is 1. The van der Waals surface area contributed by atoms with E-state index < -0.39 is 42.9 Å². The molecule has 178 valence electrons. The van der Waals surface area contributed by atoms with Crippen LogP contribution in [0.4, 0.5) is 8.78 Å². The number of hydrogen-bond acceptors (Lipinski definition) is 7. The summed E-state index contributed by atoms with van der Waals surface area (Å²) in [4.78, 5) is 52.0. The highest BCUT2D eigenvalue weighted by molar-refractivity contribution is 6.04. The lowest BCUT2D eigenvalue weighted by atomic mass is 10.1. The molecule has 1 aromatic carbocycles. The Morgan fingerprint density at radius 2 is 1.79 bits per heavy atom. The van der Waals surface area contributed by atoms with E-state index in [9.17, 15) is 28.0 Å². The Morgan fingerprint density at radius 1 is 1.12 bits per heavy atom. The molecule has 0 spiro atoms. The summed E-state index contributed by atoms with van der Waals surface area (Å²) in [6.45, 7) is 2.61. The van der Waals surface area contributed by atoms with Crippen LogP contribution in [0.1, 0.15) is 56.3 Å². The van der Waals surface area contributed by atoms with E-state index in [0.717, 1.165) is 0 Å². The van der Waals surface area contributed by atoms with Crippen molar-refractivity contribution in [3.63, 3.8) is 0 Å². The molecule has 9 nitrogen and oxygen atoms in total. The minimum absolute atomic E-state index is 0.0953. The highest BCUT2D eigenvalue weighted by Gasteiger charge is 2.27. The predicted octanol–water partition coefficient (Wildman–Crippen LogP) is 2.95. The molecule has 1 amide bonds. The number of carbonyl (C=O) groups excluding carboxylic acids is 4. The average Bonchev–Trinajstić information content (AvgIpc) is 3.05. The van der Waals surface area contributed by atoms with Gasteiger partial charge in [0.1, 0.15) is 12.3 Å². The van der Waals surface area contributed by atoms with Crippen molar-refractivity contribution in [3.05, 3.63) is 52.3 Å². The van der Waals surface area contributed by atoms with E-state index in [2.05, 4.69) is 15.0 Å². The molecule has 2 aromatic rings. The van der Waals surface area contributed by atoms with E-state index in [-0.39, 0.29) is 29.2 Å². The van der Waals surface area contributed by atoms with Gasteiger partial charge in [0.25, 0.3) is 5.91 Å². The first-order chi connectivity index (χ1) is 15.6. The number of rotatable bonds is 10. The van der Waals surface area contributed by atoms with E-state index in [4.69, 9.17) is 9.47 Å². The Hall–Kier alpha value is -3.76. The van der Waals surface area contributed by atoms with E-state index in [1.165, 1.54) is 31.2 Å². The van der Waals surface area contributed by atoms with Gasteiger partial charge < -0.3 is 24.5 Å². The third-order valence-corrected chi connectivity index (χ3v) is 4.58. The number of aromatic nitrogens is 1. The van der Waals surface area contributed by atoms with Gasteiger partial charge in [-0.3, -0.25) is 14.4 Å². The van der Waals surface area contributed by atoms with Crippen LogP contribution in [-0.2, 0) is 14.3 Å². The fourth-order valence-corrected chi connectivity index (χ4v) is 3.10. The zero-order chi connectivity index (χ0) is 24.7. The third-order valence-electron chi connectivity index (χ3n) is 4.58. The van der Waals surface area contributed by atoms with Gasteiger partial charge in [-0.2, -0.15) is 8.78 Å². The Kier molecular flexibility index (Phi) is 8.66. The first kappa shape index (κ1) is 25.5. The van der Waals surface area contributed by atoms with Crippen LogP contribution in [0.25, 0.3) is 0 Å². The van der Waals surface area contributed by atoms with Gasteiger partial charge in [-0.15, -0.1) is 0 Å². The molecule has 33 heavy (non-hydrogen) atoms. The number of hydrogen-bond donors (Lipinski definition) is 2. The SMILES string of the molecule is CCOC(=O)c1c(C)[nH]c(C(=O)C(C)OC(=O)CNC(=O)c2ccccc2OC(F)F)c1C. The molecule has 0 saturated heterocycles. The maximum Gasteiger partial charge on any atom is 0.387 e. The fraction of sp³-hybridized carbons (Fsp3) is 0.364. The molecule has 0 fully saturated rings. The molecule has 2 N–H and O–H groups in total. The lowest BCUT2D eigenvalue weighted by Gasteiger charge is -2.13. The summed E-state index contributed by atoms with van der Waals surface area (Å²) in [5, 5.41) is 2.23. The minimum atomic E-state index is -3.12. The summed E-state index contributed by atoms with van der Waals surface area (Å²) < 4.78 is 39.3. The van der Waals surface area contributed by atoms with Crippen molar-refractivity contribution in [2.45, 2.75) is 40.4 Å². The van der Waals surface area contributed by atoms with E-state index in [0.29, 0.717) is 11.3 Å². The van der Waals surface area contributed by atoms with E-state index in [1.807, 2.05) is 0 Å². The van der Waals surface area contributed by atoms with Crippen molar-refractivity contribution in [2.24, 2.45) is 0 Å².